The summed E-state index contributed by atoms with van der Waals surface area (Å²) in [6, 6.07) is 9.35. The van der Waals surface area contributed by atoms with Crippen molar-refractivity contribution in [2.24, 2.45) is 5.73 Å². The molecule has 0 aliphatic carbocycles. The number of benzene rings is 1. The molecule has 0 aromatic heterocycles. The number of unbranched alkanes of at least 4 members (excludes halogenated alkanes) is 4. The molecule has 0 radical (unpaired) electrons. The number of urea groups is 1. The van der Waals surface area contributed by atoms with E-state index in [9.17, 15) is 14.4 Å². The average molecular weight is 361 g/mol. The van der Waals surface area contributed by atoms with Crippen molar-refractivity contribution in [3.63, 3.8) is 0 Å². The van der Waals surface area contributed by atoms with Crippen LogP contribution in [0.15, 0.2) is 30.3 Å². The van der Waals surface area contributed by atoms with Crippen LogP contribution >= 0.6 is 0 Å². The predicted octanol–water partition coefficient (Wildman–Crippen LogP) is 2.66. The largest absolute Gasteiger partial charge is 0.368 e. The number of hydrogen-bond donors (Lipinski definition) is 2. The Labute approximate surface area is 156 Å². The molecule has 0 spiro atoms. The van der Waals surface area contributed by atoms with Gasteiger partial charge in [-0.3, -0.25) is 9.59 Å². The number of carbonyl (C=O) groups excluding carboxylic acids is 3. The zero-order valence-electron chi connectivity index (χ0n) is 15.7. The van der Waals surface area contributed by atoms with E-state index in [1.165, 1.54) is 11.3 Å². The molecule has 6 nitrogen and oxygen atoms in total. The number of Topliss-reactive ketones (excluding diaryl/α,β-unsaturated/α-hetero) is 1. The van der Waals surface area contributed by atoms with Crippen molar-refractivity contribution in [3.05, 3.63) is 35.9 Å². The first kappa shape index (κ1) is 21.7. The Kier molecular flexibility index (Phi) is 10.8. The molecule has 6 heteroatoms. The first-order chi connectivity index (χ1) is 12.5. The van der Waals surface area contributed by atoms with Crippen LogP contribution < -0.4 is 11.1 Å². The van der Waals surface area contributed by atoms with E-state index >= 15 is 0 Å². The third-order valence-corrected chi connectivity index (χ3v) is 4.09. The molecule has 0 aliphatic heterocycles. The van der Waals surface area contributed by atoms with Gasteiger partial charge in [0.2, 0.25) is 5.91 Å². The summed E-state index contributed by atoms with van der Waals surface area (Å²) in [4.78, 5) is 36.8. The fourth-order valence-electron chi connectivity index (χ4n) is 2.68. The van der Waals surface area contributed by atoms with Crippen LogP contribution in [0.5, 0.6) is 0 Å². The molecule has 0 atom stereocenters. The Morgan fingerprint density at radius 2 is 1.69 bits per heavy atom. The van der Waals surface area contributed by atoms with Crippen molar-refractivity contribution in [2.75, 3.05) is 19.6 Å². The number of carbonyl (C=O) groups is 3. The minimum absolute atomic E-state index is 0.0408. The van der Waals surface area contributed by atoms with Gasteiger partial charge in [-0.25, -0.2) is 4.79 Å². The Balaban J connectivity index is 2.39. The van der Waals surface area contributed by atoms with Gasteiger partial charge in [0.15, 0.2) is 5.78 Å². The van der Waals surface area contributed by atoms with Crippen molar-refractivity contribution in [3.8, 4) is 0 Å². The van der Waals surface area contributed by atoms with Gasteiger partial charge < -0.3 is 16.0 Å². The molecular weight excluding hydrogens is 330 g/mol. The zero-order valence-corrected chi connectivity index (χ0v) is 15.7. The number of rotatable bonds is 13. The van der Waals surface area contributed by atoms with E-state index in [1.54, 1.807) is 0 Å². The zero-order chi connectivity index (χ0) is 19.2. The van der Waals surface area contributed by atoms with Gasteiger partial charge in [-0.1, -0.05) is 62.9 Å². The minimum atomic E-state index is -0.626. The summed E-state index contributed by atoms with van der Waals surface area (Å²) in [6.45, 7) is 2.25. The number of nitrogens with zero attached hydrogens (tertiary/aromatic N) is 1. The van der Waals surface area contributed by atoms with E-state index in [0.717, 1.165) is 31.2 Å². The fourth-order valence-corrected chi connectivity index (χ4v) is 2.68. The molecule has 3 N–H and O–H groups in total. The molecule has 0 aliphatic rings. The highest BCUT2D eigenvalue weighted by Crippen LogP contribution is 2.06. The maximum atomic E-state index is 12.3. The second kappa shape index (κ2) is 12.9. The quantitative estimate of drug-likeness (QED) is 0.529. The number of ketones is 1. The van der Waals surface area contributed by atoms with E-state index in [1.807, 2.05) is 30.3 Å². The Morgan fingerprint density at radius 3 is 2.35 bits per heavy atom. The lowest BCUT2D eigenvalue weighted by Gasteiger charge is -2.21. The van der Waals surface area contributed by atoms with Crippen LogP contribution in [-0.2, 0) is 16.0 Å². The molecule has 1 aromatic rings. The van der Waals surface area contributed by atoms with Gasteiger partial charge in [-0.05, 0) is 18.4 Å². The number of amides is 3. The van der Waals surface area contributed by atoms with Crippen molar-refractivity contribution >= 4 is 17.7 Å². The van der Waals surface area contributed by atoms with Gasteiger partial charge in [-0.15, -0.1) is 0 Å². The van der Waals surface area contributed by atoms with Crippen LogP contribution in [0, 0.1) is 0 Å². The van der Waals surface area contributed by atoms with E-state index in [0.29, 0.717) is 19.4 Å². The summed E-state index contributed by atoms with van der Waals surface area (Å²) in [7, 11) is 0. The highest BCUT2D eigenvalue weighted by molar-refractivity contribution is 5.88. The maximum Gasteiger partial charge on any atom is 0.318 e. The molecule has 3 amide bonds. The first-order valence-electron chi connectivity index (χ1n) is 9.39. The number of hydrogen-bond acceptors (Lipinski definition) is 3. The smallest absolute Gasteiger partial charge is 0.318 e. The second-order valence-electron chi connectivity index (χ2n) is 6.49. The van der Waals surface area contributed by atoms with E-state index in [-0.39, 0.29) is 18.9 Å². The average Bonchev–Trinajstić information content (AvgIpc) is 2.61. The van der Waals surface area contributed by atoms with E-state index < -0.39 is 11.9 Å². The van der Waals surface area contributed by atoms with Crippen molar-refractivity contribution in [1.82, 2.24) is 10.2 Å². The molecule has 0 saturated carbocycles. The Morgan fingerprint density at radius 1 is 1.00 bits per heavy atom. The van der Waals surface area contributed by atoms with Crippen LogP contribution in [0.2, 0.25) is 0 Å². The number of nitrogens with one attached hydrogen (secondary N) is 1. The summed E-state index contributed by atoms with van der Waals surface area (Å²) in [5, 5.41) is 2.75. The van der Waals surface area contributed by atoms with Gasteiger partial charge in [0.25, 0.3) is 0 Å². The first-order valence-corrected chi connectivity index (χ1v) is 9.39. The molecule has 0 bridgehead atoms. The molecule has 26 heavy (non-hydrogen) atoms. The third-order valence-electron chi connectivity index (χ3n) is 4.09. The van der Waals surface area contributed by atoms with E-state index in [4.69, 9.17) is 5.73 Å². The van der Waals surface area contributed by atoms with Crippen LogP contribution in [0.1, 0.15) is 51.0 Å². The van der Waals surface area contributed by atoms with Crippen LogP contribution in [-0.4, -0.2) is 42.3 Å². The van der Waals surface area contributed by atoms with Crippen molar-refractivity contribution < 1.29 is 14.4 Å². The van der Waals surface area contributed by atoms with Gasteiger partial charge in [0.1, 0.15) is 6.54 Å². The van der Waals surface area contributed by atoms with Crippen LogP contribution in [0.4, 0.5) is 4.79 Å². The van der Waals surface area contributed by atoms with Gasteiger partial charge in [0, 0.05) is 13.0 Å². The minimum Gasteiger partial charge on any atom is -0.368 e. The molecule has 1 rings (SSSR count). The van der Waals surface area contributed by atoms with Crippen molar-refractivity contribution in [2.45, 2.75) is 51.9 Å². The fraction of sp³-hybridized carbons (Fsp3) is 0.550. The highest BCUT2D eigenvalue weighted by Gasteiger charge is 2.18. The molecule has 0 heterocycles. The number of nitrogens with two attached hydrogens (primary N) is 1. The Hall–Kier alpha value is -2.37. The summed E-state index contributed by atoms with van der Waals surface area (Å²) in [5.41, 5.74) is 6.32. The Bertz CT molecular complexity index is 561. The third kappa shape index (κ3) is 9.81. The molecule has 1 aromatic carbocycles. The normalized spacial score (nSPS) is 10.3. The lowest BCUT2D eigenvalue weighted by Crippen LogP contribution is -2.47. The van der Waals surface area contributed by atoms with Gasteiger partial charge in [0.05, 0.1) is 6.54 Å². The standard InChI is InChI=1S/C20H31N3O3/c1-2-3-4-5-9-12-18(24)15-23(16-19(21)25)20(26)22-14-13-17-10-7-6-8-11-17/h6-8,10-11H,2-5,9,12-16H2,1H3,(H2,21,25)(H,22,26). The van der Waals surface area contributed by atoms with Gasteiger partial charge in [-0.2, -0.15) is 0 Å². The predicted molar refractivity (Wildman–Crippen MR) is 103 cm³/mol. The SMILES string of the molecule is CCCCCCCC(=O)CN(CC(N)=O)C(=O)NCCc1ccccc1. The van der Waals surface area contributed by atoms with Gasteiger partial charge >= 0.3 is 6.03 Å². The number of primary amides is 1. The van der Waals surface area contributed by atoms with Crippen molar-refractivity contribution in [1.29, 1.82) is 0 Å². The molecular formula is C20H31N3O3. The monoisotopic (exact) mass is 361 g/mol. The second-order valence-corrected chi connectivity index (χ2v) is 6.49. The molecule has 0 unspecified atom stereocenters. The summed E-state index contributed by atoms with van der Waals surface area (Å²) in [6.07, 6.45) is 6.39. The maximum absolute atomic E-state index is 12.3. The van der Waals surface area contributed by atoms with Crippen LogP contribution in [0.3, 0.4) is 0 Å². The molecule has 144 valence electrons. The lowest BCUT2D eigenvalue weighted by atomic mass is 10.1. The topological polar surface area (TPSA) is 92.5 Å². The van der Waals surface area contributed by atoms with Crippen LogP contribution in [0.25, 0.3) is 0 Å². The molecule has 0 fully saturated rings. The highest BCUT2D eigenvalue weighted by atomic mass is 16.2. The lowest BCUT2D eigenvalue weighted by molar-refractivity contribution is -0.121. The summed E-state index contributed by atoms with van der Waals surface area (Å²) >= 11 is 0. The van der Waals surface area contributed by atoms with E-state index in [2.05, 4.69) is 12.2 Å². The summed E-state index contributed by atoms with van der Waals surface area (Å²) in [5.74, 6) is -0.667. The summed E-state index contributed by atoms with van der Waals surface area (Å²) < 4.78 is 0. The molecule has 0 saturated heterocycles.